The van der Waals surface area contributed by atoms with E-state index in [0.29, 0.717) is 0 Å². The molecule has 0 saturated carbocycles. The van der Waals surface area contributed by atoms with Crippen LogP contribution in [0.15, 0.2) is 18.2 Å². The Morgan fingerprint density at radius 2 is 2.00 bits per heavy atom. The maximum atomic E-state index is 12.9. The van der Waals surface area contributed by atoms with Crippen molar-refractivity contribution in [2.45, 2.75) is 32.6 Å². The van der Waals surface area contributed by atoms with Crippen LogP contribution in [0.5, 0.6) is 5.75 Å². The van der Waals surface area contributed by atoms with Crippen LogP contribution in [0.3, 0.4) is 0 Å². The van der Waals surface area contributed by atoms with E-state index >= 15 is 0 Å². The zero-order valence-corrected chi connectivity index (χ0v) is 11.5. The zero-order valence-electron chi connectivity index (χ0n) is 11.5. The minimum atomic E-state index is -4.50. The fourth-order valence-electron chi connectivity index (χ4n) is 1.59. The predicted molar refractivity (Wildman–Crippen MR) is 68.5 cm³/mol. The molecule has 0 aliphatic rings. The standard InChI is InChI=1S/C13H17F3N2O2/c1-8(2)18-12(19)17-7-9-4-5-10(20-3)6-11(9)13(14,15)16/h4-6,8H,7H2,1-3H3,(H2,17,18,19). The Morgan fingerprint density at radius 3 is 2.50 bits per heavy atom. The van der Waals surface area contributed by atoms with E-state index in [1.807, 2.05) is 0 Å². The van der Waals surface area contributed by atoms with Crippen LogP contribution in [0.4, 0.5) is 18.0 Å². The quantitative estimate of drug-likeness (QED) is 0.895. The summed E-state index contributed by atoms with van der Waals surface area (Å²) in [7, 11) is 1.30. The third-order valence-electron chi connectivity index (χ3n) is 2.48. The zero-order chi connectivity index (χ0) is 15.3. The van der Waals surface area contributed by atoms with E-state index in [1.165, 1.54) is 19.2 Å². The lowest BCUT2D eigenvalue weighted by molar-refractivity contribution is -0.138. The molecule has 0 unspecified atom stereocenters. The maximum absolute atomic E-state index is 12.9. The molecule has 1 aromatic carbocycles. The van der Waals surface area contributed by atoms with Gasteiger partial charge in [0.2, 0.25) is 0 Å². The lowest BCUT2D eigenvalue weighted by Gasteiger charge is -2.15. The summed E-state index contributed by atoms with van der Waals surface area (Å²) in [5.41, 5.74) is -0.834. The Bertz CT molecular complexity index is 473. The molecule has 0 bridgehead atoms. The van der Waals surface area contributed by atoms with E-state index in [-0.39, 0.29) is 23.9 Å². The van der Waals surface area contributed by atoms with Gasteiger partial charge in [-0.05, 0) is 31.5 Å². The molecule has 4 nitrogen and oxygen atoms in total. The fourth-order valence-corrected chi connectivity index (χ4v) is 1.59. The minimum Gasteiger partial charge on any atom is -0.497 e. The van der Waals surface area contributed by atoms with Crippen LogP contribution in [0, 0.1) is 0 Å². The number of benzene rings is 1. The summed E-state index contributed by atoms with van der Waals surface area (Å²) in [5.74, 6) is 0.118. The van der Waals surface area contributed by atoms with Crippen LogP contribution in [0.2, 0.25) is 0 Å². The number of hydrogen-bond acceptors (Lipinski definition) is 2. The highest BCUT2D eigenvalue weighted by atomic mass is 19.4. The average molecular weight is 290 g/mol. The second-order valence-electron chi connectivity index (χ2n) is 4.50. The summed E-state index contributed by atoms with van der Waals surface area (Å²) >= 11 is 0. The molecule has 112 valence electrons. The number of carbonyl (C=O) groups excluding carboxylic acids is 1. The molecular weight excluding hydrogens is 273 g/mol. The van der Waals surface area contributed by atoms with Gasteiger partial charge in [-0.3, -0.25) is 0 Å². The van der Waals surface area contributed by atoms with Crippen LogP contribution in [-0.2, 0) is 12.7 Å². The molecule has 1 aromatic rings. The predicted octanol–water partition coefficient (Wildman–Crippen LogP) is 2.92. The molecule has 0 atom stereocenters. The molecule has 7 heteroatoms. The normalized spacial score (nSPS) is 11.3. The fraction of sp³-hybridized carbons (Fsp3) is 0.462. The number of rotatable bonds is 4. The molecule has 0 aromatic heterocycles. The van der Waals surface area contributed by atoms with E-state index in [2.05, 4.69) is 10.6 Å². The van der Waals surface area contributed by atoms with Crippen molar-refractivity contribution in [2.75, 3.05) is 7.11 Å². The van der Waals surface area contributed by atoms with Crippen molar-refractivity contribution in [1.82, 2.24) is 10.6 Å². The lowest BCUT2D eigenvalue weighted by atomic mass is 10.1. The molecule has 1 rings (SSSR count). The molecule has 0 aliphatic heterocycles. The largest absolute Gasteiger partial charge is 0.497 e. The molecule has 20 heavy (non-hydrogen) atoms. The highest BCUT2D eigenvalue weighted by Gasteiger charge is 2.33. The Labute approximate surface area is 115 Å². The third kappa shape index (κ3) is 4.64. The number of methoxy groups -OCH3 is 1. The summed E-state index contributed by atoms with van der Waals surface area (Å²) < 4.78 is 43.5. The first-order chi connectivity index (χ1) is 9.24. The van der Waals surface area contributed by atoms with Gasteiger partial charge in [0.1, 0.15) is 5.75 Å². The summed E-state index contributed by atoms with van der Waals surface area (Å²) in [6.07, 6.45) is -4.50. The van der Waals surface area contributed by atoms with Gasteiger partial charge in [-0.15, -0.1) is 0 Å². The molecule has 0 heterocycles. The van der Waals surface area contributed by atoms with Crippen LogP contribution in [-0.4, -0.2) is 19.2 Å². The molecule has 0 radical (unpaired) electrons. The first-order valence-electron chi connectivity index (χ1n) is 6.02. The highest BCUT2D eigenvalue weighted by molar-refractivity contribution is 5.74. The minimum absolute atomic E-state index is 0.0165. The van der Waals surface area contributed by atoms with Gasteiger partial charge in [0.25, 0.3) is 0 Å². The summed E-state index contributed by atoms with van der Waals surface area (Å²) in [4.78, 5) is 11.4. The number of hydrogen-bond donors (Lipinski definition) is 2. The number of amides is 2. The molecule has 0 spiro atoms. The van der Waals surface area contributed by atoms with Crippen molar-refractivity contribution in [3.05, 3.63) is 29.3 Å². The number of ether oxygens (including phenoxy) is 1. The van der Waals surface area contributed by atoms with Gasteiger partial charge < -0.3 is 15.4 Å². The van der Waals surface area contributed by atoms with Gasteiger partial charge in [0.05, 0.1) is 12.7 Å². The average Bonchev–Trinajstić information content (AvgIpc) is 2.34. The van der Waals surface area contributed by atoms with Gasteiger partial charge >= 0.3 is 12.2 Å². The summed E-state index contributed by atoms with van der Waals surface area (Å²) in [5, 5.41) is 4.93. The van der Waals surface area contributed by atoms with Crippen molar-refractivity contribution in [2.24, 2.45) is 0 Å². The van der Waals surface area contributed by atoms with Gasteiger partial charge in [0, 0.05) is 12.6 Å². The monoisotopic (exact) mass is 290 g/mol. The first kappa shape index (κ1) is 16.1. The first-order valence-corrected chi connectivity index (χ1v) is 6.02. The van der Waals surface area contributed by atoms with Crippen molar-refractivity contribution in [1.29, 1.82) is 0 Å². The molecule has 0 aliphatic carbocycles. The third-order valence-corrected chi connectivity index (χ3v) is 2.48. The Morgan fingerprint density at radius 1 is 1.35 bits per heavy atom. The number of nitrogens with one attached hydrogen (secondary N) is 2. The van der Waals surface area contributed by atoms with Gasteiger partial charge in [0.15, 0.2) is 0 Å². The maximum Gasteiger partial charge on any atom is 0.416 e. The van der Waals surface area contributed by atoms with Gasteiger partial charge in [-0.25, -0.2) is 4.79 Å². The van der Waals surface area contributed by atoms with E-state index in [4.69, 9.17) is 4.74 Å². The number of urea groups is 1. The van der Waals surface area contributed by atoms with Crippen LogP contribution < -0.4 is 15.4 Å². The topological polar surface area (TPSA) is 50.4 Å². The second-order valence-corrected chi connectivity index (χ2v) is 4.50. The SMILES string of the molecule is COc1ccc(CNC(=O)NC(C)C)c(C(F)(F)F)c1. The van der Waals surface area contributed by atoms with E-state index < -0.39 is 17.8 Å². The molecule has 0 fully saturated rings. The number of halogens is 3. The van der Waals surface area contributed by atoms with Gasteiger partial charge in [-0.2, -0.15) is 13.2 Å². The Kier molecular flexibility index (Phi) is 5.24. The molecular formula is C13H17F3N2O2. The Hall–Kier alpha value is -1.92. The van der Waals surface area contributed by atoms with E-state index in [0.717, 1.165) is 6.07 Å². The summed E-state index contributed by atoms with van der Waals surface area (Å²) in [6, 6.07) is 3.03. The van der Waals surface area contributed by atoms with E-state index in [9.17, 15) is 18.0 Å². The second kappa shape index (κ2) is 6.49. The number of alkyl halides is 3. The van der Waals surface area contributed by atoms with Crippen molar-refractivity contribution in [3.8, 4) is 5.75 Å². The summed E-state index contributed by atoms with van der Waals surface area (Å²) in [6.45, 7) is 3.31. The van der Waals surface area contributed by atoms with Crippen molar-refractivity contribution < 1.29 is 22.7 Å². The van der Waals surface area contributed by atoms with Crippen LogP contribution in [0.25, 0.3) is 0 Å². The molecule has 2 N–H and O–H groups in total. The van der Waals surface area contributed by atoms with Crippen LogP contribution >= 0.6 is 0 Å². The van der Waals surface area contributed by atoms with Gasteiger partial charge in [-0.1, -0.05) is 6.07 Å². The van der Waals surface area contributed by atoms with Crippen molar-refractivity contribution >= 4 is 6.03 Å². The molecule has 0 saturated heterocycles. The van der Waals surface area contributed by atoms with Crippen LogP contribution in [0.1, 0.15) is 25.0 Å². The number of carbonyl (C=O) groups is 1. The van der Waals surface area contributed by atoms with E-state index in [1.54, 1.807) is 13.8 Å². The Balaban J connectivity index is 2.87. The smallest absolute Gasteiger partial charge is 0.416 e. The molecule has 2 amide bonds. The lowest BCUT2D eigenvalue weighted by Crippen LogP contribution is -2.39. The van der Waals surface area contributed by atoms with Crippen molar-refractivity contribution in [3.63, 3.8) is 0 Å². The highest BCUT2D eigenvalue weighted by Crippen LogP contribution is 2.34.